The molecule has 5 heterocycles. The van der Waals surface area contributed by atoms with Crippen molar-refractivity contribution < 1.29 is 18.3 Å². The first kappa shape index (κ1) is 22.5. The minimum Gasteiger partial charge on any atom is -0.378 e. The van der Waals surface area contributed by atoms with Crippen LogP contribution in [-0.2, 0) is 9.47 Å². The van der Waals surface area contributed by atoms with E-state index in [4.69, 9.17) is 19.4 Å². The van der Waals surface area contributed by atoms with E-state index in [1.54, 1.807) is 13.4 Å². The number of aromatic nitrogens is 6. The Bertz CT molecular complexity index is 1240. The number of nitrogens with one attached hydrogen (secondary N) is 1. The highest BCUT2D eigenvalue weighted by Gasteiger charge is 2.32. The molecule has 0 bridgehead atoms. The number of fused-ring (bicyclic) bond motifs is 2. The van der Waals surface area contributed by atoms with Gasteiger partial charge in [-0.1, -0.05) is 6.08 Å². The van der Waals surface area contributed by atoms with Gasteiger partial charge in [0.1, 0.15) is 6.10 Å². The predicted molar refractivity (Wildman–Crippen MR) is 125 cm³/mol. The summed E-state index contributed by atoms with van der Waals surface area (Å²) in [5.41, 5.74) is 2.16. The third-order valence-corrected chi connectivity index (χ3v) is 6.98. The molecule has 1 aliphatic carbocycles. The number of alkyl halides is 2. The molecule has 1 unspecified atom stereocenters. The van der Waals surface area contributed by atoms with Gasteiger partial charge in [0, 0.05) is 26.2 Å². The van der Waals surface area contributed by atoms with E-state index in [9.17, 15) is 8.78 Å². The van der Waals surface area contributed by atoms with Crippen LogP contribution in [0.15, 0.2) is 12.4 Å². The normalized spacial score (nSPS) is 21.3. The number of halogens is 2. The molecule has 186 valence electrons. The molecule has 0 spiro atoms. The van der Waals surface area contributed by atoms with Gasteiger partial charge in [0.15, 0.2) is 22.8 Å². The maximum absolute atomic E-state index is 14.3. The lowest BCUT2D eigenvalue weighted by atomic mass is 10.1. The molecule has 35 heavy (non-hydrogen) atoms. The predicted octanol–water partition coefficient (Wildman–Crippen LogP) is 2.82. The van der Waals surface area contributed by atoms with Gasteiger partial charge in [0.2, 0.25) is 5.95 Å². The molecule has 3 aromatic rings. The second-order valence-electron chi connectivity index (χ2n) is 8.99. The van der Waals surface area contributed by atoms with Crippen LogP contribution in [0.3, 0.4) is 0 Å². The number of hydrogen-bond donors (Lipinski definition) is 1. The van der Waals surface area contributed by atoms with Crippen LogP contribution < -0.4 is 10.2 Å². The Morgan fingerprint density at radius 2 is 1.94 bits per heavy atom. The Morgan fingerprint density at radius 3 is 2.69 bits per heavy atom. The number of methoxy groups -OCH3 is 1. The summed E-state index contributed by atoms with van der Waals surface area (Å²) >= 11 is 0. The summed E-state index contributed by atoms with van der Waals surface area (Å²) in [6, 6.07) is 0.227. The van der Waals surface area contributed by atoms with Crippen LogP contribution >= 0.6 is 0 Å². The van der Waals surface area contributed by atoms with Gasteiger partial charge in [0.25, 0.3) is 6.43 Å². The van der Waals surface area contributed by atoms with E-state index in [0.717, 1.165) is 25.9 Å². The molecule has 6 rings (SSSR count). The number of ether oxygens (including phenoxy) is 2. The van der Waals surface area contributed by atoms with Gasteiger partial charge in [-0.2, -0.15) is 9.97 Å². The van der Waals surface area contributed by atoms with Crippen LogP contribution in [0, 0.1) is 0 Å². The van der Waals surface area contributed by atoms with Crippen LogP contribution in [0.2, 0.25) is 0 Å². The molecule has 12 heteroatoms. The van der Waals surface area contributed by atoms with Crippen molar-refractivity contribution in [3.63, 3.8) is 0 Å². The minimum atomic E-state index is -2.80. The smallest absolute Gasteiger partial charge is 0.296 e. The Kier molecular flexibility index (Phi) is 5.94. The van der Waals surface area contributed by atoms with Crippen molar-refractivity contribution in [2.24, 2.45) is 0 Å². The van der Waals surface area contributed by atoms with Gasteiger partial charge >= 0.3 is 0 Å². The number of anilines is 1. The van der Waals surface area contributed by atoms with E-state index in [1.165, 1.54) is 4.57 Å². The number of rotatable bonds is 5. The molecular weight excluding hydrogens is 458 g/mol. The molecule has 1 atom stereocenters. The summed E-state index contributed by atoms with van der Waals surface area (Å²) in [6.07, 6.45) is 4.77. The van der Waals surface area contributed by atoms with Crippen LogP contribution in [0.25, 0.3) is 23.1 Å². The third kappa shape index (κ3) is 3.89. The summed E-state index contributed by atoms with van der Waals surface area (Å²) in [4.78, 5) is 20.7. The van der Waals surface area contributed by atoms with Gasteiger partial charge in [-0.05, 0) is 38.4 Å². The Labute approximate surface area is 201 Å². The fourth-order valence-corrected chi connectivity index (χ4v) is 5.16. The van der Waals surface area contributed by atoms with Crippen molar-refractivity contribution in [2.75, 3.05) is 51.4 Å². The molecule has 2 fully saturated rings. The van der Waals surface area contributed by atoms with E-state index in [-0.39, 0.29) is 11.9 Å². The van der Waals surface area contributed by atoms with Crippen molar-refractivity contribution in [2.45, 2.75) is 37.8 Å². The zero-order valence-electron chi connectivity index (χ0n) is 19.5. The summed E-state index contributed by atoms with van der Waals surface area (Å²) in [7, 11) is 1.56. The van der Waals surface area contributed by atoms with Crippen LogP contribution in [-0.4, -0.2) is 75.6 Å². The molecule has 0 aromatic carbocycles. The molecule has 1 N–H and O–H groups in total. The fraction of sp³-hybridized carbons (Fsp3) is 0.565. The van der Waals surface area contributed by atoms with Gasteiger partial charge in [-0.25, -0.2) is 18.7 Å². The van der Waals surface area contributed by atoms with Crippen LogP contribution in [0.4, 0.5) is 14.7 Å². The Balaban J connectivity index is 1.59. The Morgan fingerprint density at radius 1 is 1.14 bits per heavy atom. The SMILES string of the molecule is COC1CC=Cc2c1nc(C(F)F)n2-c1nc(N2CCOCC2)nc2c1ncn2C1CCNCC1. The highest BCUT2D eigenvalue weighted by molar-refractivity contribution is 5.81. The zero-order valence-corrected chi connectivity index (χ0v) is 19.5. The molecule has 10 nitrogen and oxygen atoms in total. The Hall–Kier alpha value is -2.96. The van der Waals surface area contributed by atoms with Crippen LogP contribution in [0.1, 0.15) is 55.0 Å². The van der Waals surface area contributed by atoms with E-state index in [1.807, 2.05) is 17.1 Å². The topological polar surface area (TPSA) is 95.2 Å². The maximum atomic E-state index is 14.3. The maximum Gasteiger partial charge on any atom is 0.296 e. The monoisotopic (exact) mass is 486 g/mol. The zero-order chi connectivity index (χ0) is 23.9. The minimum absolute atomic E-state index is 0.227. The molecule has 2 aliphatic heterocycles. The first-order chi connectivity index (χ1) is 17.2. The van der Waals surface area contributed by atoms with E-state index in [2.05, 4.69) is 19.9 Å². The first-order valence-corrected chi connectivity index (χ1v) is 12.0. The van der Waals surface area contributed by atoms with Gasteiger partial charge in [-0.3, -0.25) is 4.57 Å². The summed E-state index contributed by atoms with van der Waals surface area (Å²) < 4.78 is 43.2. The van der Waals surface area contributed by atoms with Gasteiger partial charge in [0.05, 0.1) is 30.9 Å². The fourth-order valence-electron chi connectivity index (χ4n) is 5.16. The van der Waals surface area contributed by atoms with Crippen molar-refractivity contribution in [3.8, 4) is 5.82 Å². The number of piperidine rings is 1. The second-order valence-corrected chi connectivity index (χ2v) is 8.99. The van der Waals surface area contributed by atoms with Crippen molar-refractivity contribution in [3.05, 3.63) is 29.6 Å². The molecule has 0 saturated carbocycles. The van der Waals surface area contributed by atoms with Crippen molar-refractivity contribution >= 4 is 23.2 Å². The molecule has 3 aliphatic rings. The van der Waals surface area contributed by atoms with Crippen LogP contribution in [0.5, 0.6) is 0 Å². The molecule has 3 aromatic heterocycles. The van der Waals surface area contributed by atoms with E-state index in [0.29, 0.717) is 67.0 Å². The molecule has 0 radical (unpaired) electrons. The van der Waals surface area contributed by atoms with Crippen molar-refractivity contribution in [1.29, 1.82) is 0 Å². The summed E-state index contributed by atoms with van der Waals surface area (Å²) in [5.74, 6) is 0.430. The lowest BCUT2D eigenvalue weighted by molar-refractivity contribution is 0.100. The largest absolute Gasteiger partial charge is 0.378 e. The van der Waals surface area contributed by atoms with E-state index >= 15 is 0 Å². The van der Waals surface area contributed by atoms with Gasteiger partial charge in [-0.15, -0.1) is 0 Å². The highest BCUT2D eigenvalue weighted by atomic mass is 19.3. The standard InChI is InChI=1S/C23H28F2N8O2/c1-34-16-4-2-3-15-17(16)28-22(19(24)25)33(15)21-18-20(29-23(30-21)31-9-11-35-12-10-31)32(13-27-18)14-5-7-26-8-6-14/h2-3,13-14,16,19,26H,4-12H2,1H3. The number of imidazole rings is 2. The quantitative estimate of drug-likeness (QED) is 0.588. The average Bonchev–Trinajstić information content (AvgIpc) is 3.51. The lowest BCUT2D eigenvalue weighted by Crippen LogP contribution is -2.37. The number of nitrogens with zero attached hydrogens (tertiary/aromatic N) is 7. The average molecular weight is 487 g/mol. The summed E-state index contributed by atoms with van der Waals surface area (Å²) in [5, 5.41) is 3.38. The third-order valence-electron chi connectivity index (χ3n) is 6.98. The van der Waals surface area contributed by atoms with E-state index < -0.39 is 12.5 Å². The van der Waals surface area contributed by atoms with Crippen molar-refractivity contribution in [1.82, 2.24) is 34.4 Å². The molecule has 0 amide bonds. The highest BCUT2D eigenvalue weighted by Crippen LogP contribution is 2.37. The first-order valence-electron chi connectivity index (χ1n) is 12.0. The molecule has 2 saturated heterocycles. The number of hydrogen-bond acceptors (Lipinski definition) is 8. The molecular formula is C23H28F2N8O2. The second kappa shape index (κ2) is 9.25. The lowest BCUT2D eigenvalue weighted by Gasteiger charge is -2.28. The summed E-state index contributed by atoms with van der Waals surface area (Å²) in [6.45, 7) is 4.19. The van der Waals surface area contributed by atoms with Gasteiger partial charge < -0.3 is 24.3 Å². The number of morpholine rings is 1.